The third-order valence-electron chi connectivity index (χ3n) is 5.41. The van der Waals surface area contributed by atoms with Gasteiger partial charge in [-0.25, -0.2) is 4.79 Å². The fourth-order valence-corrected chi connectivity index (χ4v) is 3.41. The van der Waals surface area contributed by atoms with Crippen LogP contribution in [0.4, 0.5) is 0 Å². The minimum Gasteiger partial charge on any atom is -0.490 e. The molecule has 5 heteroatoms. The lowest BCUT2D eigenvalue weighted by molar-refractivity contribution is -0.134. The van der Waals surface area contributed by atoms with Gasteiger partial charge in [-0.2, -0.15) is 0 Å². The predicted molar refractivity (Wildman–Crippen MR) is 136 cm³/mol. The Labute approximate surface area is 201 Å². The zero-order valence-corrected chi connectivity index (χ0v) is 21.5. The smallest absolute Gasteiger partial charge is 0.330 e. The van der Waals surface area contributed by atoms with Crippen molar-refractivity contribution in [2.24, 2.45) is 0 Å². The monoisotopic (exact) mass is 462 g/mol. The Kier molecular flexibility index (Phi) is 16.9. The van der Waals surface area contributed by atoms with E-state index >= 15 is 0 Å². The fourth-order valence-electron chi connectivity index (χ4n) is 3.41. The summed E-state index contributed by atoms with van der Waals surface area (Å²) in [6, 6.07) is 3.84. The van der Waals surface area contributed by atoms with Gasteiger partial charge in [0.05, 0.1) is 26.9 Å². The number of unbranched alkanes of at least 4 members (excludes halogenated alkanes) is 9. The van der Waals surface area contributed by atoms with Crippen LogP contribution in [0.15, 0.2) is 18.2 Å². The predicted octanol–water partition coefficient (Wildman–Crippen LogP) is 7.75. The van der Waals surface area contributed by atoms with Gasteiger partial charge in [-0.1, -0.05) is 78.6 Å². The van der Waals surface area contributed by atoms with Crippen LogP contribution in [0.1, 0.15) is 103 Å². The van der Waals surface area contributed by atoms with Crippen LogP contribution in [0.5, 0.6) is 17.2 Å². The third-order valence-corrected chi connectivity index (χ3v) is 5.41. The number of esters is 1. The number of carbonyl (C=O) groups is 1. The molecule has 0 aromatic heterocycles. The first-order valence-electron chi connectivity index (χ1n) is 13.0. The van der Waals surface area contributed by atoms with E-state index in [0.717, 1.165) is 44.1 Å². The van der Waals surface area contributed by atoms with E-state index in [-0.39, 0.29) is 0 Å². The quantitative estimate of drug-likeness (QED) is 0.113. The van der Waals surface area contributed by atoms with Gasteiger partial charge in [0.1, 0.15) is 0 Å². The first kappa shape index (κ1) is 28.9. The normalized spacial score (nSPS) is 11.0. The lowest BCUT2D eigenvalue weighted by Crippen LogP contribution is -2.07. The molecule has 1 aromatic carbocycles. The fraction of sp³-hybridized carbons (Fsp3) is 0.679. The van der Waals surface area contributed by atoms with Gasteiger partial charge in [0, 0.05) is 6.08 Å². The van der Waals surface area contributed by atoms with E-state index < -0.39 is 5.97 Å². The van der Waals surface area contributed by atoms with Crippen molar-refractivity contribution in [1.29, 1.82) is 0 Å². The zero-order chi connectivity index (χ0) is 24.2. The summed E-state index contributed by atoms with van der Waals surface area (Å²) in [6.07, 6.45) is 16.8. The molecule has 1 aromatic rings. The van der Waals surface area contributed by atoms with Crippen LogP contribution in [0.3, 0.4) is 0 Å². The number of hydrogen-bond donors (Lipinski definition) is 0. The molecular formula is C28H46O5. The lowest BCUT2D eigenvalue weighted by Gasteiger charge is -2.18. The van der Waals surface area contributed by atoms with Gasteiger partial charge >= 0.3 is 5.97 Å². The number of rotatable bonds is 20. The maximum absolute atomic E-state index is 11.6. The number of benzene rings is 1. The van der Waals surface area contributed by atoms with E-state index in [1.54, 1.807) is 6.08 Å². The topological polar surface area (TPSA) is 54.0 Å². The van der Waals surface area contributed by atoms with Crippen molar-refractivity contribution in [2.75, 3.05) is 26.9 Å². The van der Waals surface area contributed by atoms with Gasteiger partial charge < -0.3 is 18.9 Å². The van der Waals surface area contributed by atoms with Gasteiger partial charge in [-0.15, -0.1) is 0 Å². The summed E-state index contributed by atoms with van der Waals surface area (Å²) in [5.41, 5.74) is 0.825. The van der Waals surface area contributed by atoms with Gasteiger partial charge in [0.25, 0.3) is 0 Å². The Morgan fingerprint density at radius 3 is 1.58 bits per heavy atom. The van der Waals surface area contributed by atoms with Crippen molar-refractivity contribution >= 4 is 12.0 Å². The molecule has 1 rings (SSSR count). The molecule has 0 fully saturated rings. The molecule has 0 heterocycles. The number of hydrogen-bond acceptors (Lipinski definition) is 5. The lowest BCUT2D eigenvalue weighted by atomic mass is 10.1. The molecule has 0 unspecified atom stereocenters. The first-order chi connectivity index (χ1) is 16.2. The Hall–Kier alpha value is -2.17. The molecule has 0 atom stereocenters. The maximum Gasteiger partial charge on any atom is 0.330 e. The van der Waals surface area contributed by atoms with Crippen LogP contribution in [-0.4, -0.2) is 32.9 Å². The van der Waals surface area contributed by atoms with Gasteiger partial charge in [-0.05, 0) is 43.0 Å². The minimum absolute atomic E-state index is 0.393. The third kappa shape index (κ3) is 13.2. The van der Waals surface area contributed by atoms with Crippen molar-refractivity contribution in [2.45, 2.75) is 97.8 Å². The molecule has 5 nitrogen and oxygen atoms in total. The number of methoxy groups -OCH3 is 1. The summed E-state index contributed by atoms with van der Waals surface area (Å²) in [5, 5.41) is 0. The van der Waals surface area contributed by atoms with Crippen molar-refractivity contribution in [3.63, 3.8) is 0 Å². The first-order valence-corrected chi connectivity index (χ1v) is 13.0. The Morgan fingerprint density at radius 1 is 0.697 bits per heavy atom. The second-order valence-electron chi connectivity index (χ2n) is 8.43. The average Bonchev–Trinajstić information content (AvgIpc) is 2.83. The summed E-state index contributed by atoms with van der Waals surface area (Å²) >= 11 is 0. The molecule has 188 valence electrons. The minimum atomic E-state index is -0.393. The summed E-state index contributed by atoms with van der Waals surface area (Å²) < 4.78 is 23.3. The second kappa shape index (κ2) is 19.3. The molecule has 0 aliphatic carbocycles. The standard InChI is InChI=1S/C28H46O5/c1-5-8-11-14-19-31-25-22-24(17-18-27(29)30-4)23-26(32-20-15-12-9-6-2)28(25)33-21-16-13-10-7-3/h17-18,22-23H,5-16,19-21H2,1-4H3. The average molecular weight is 463 g/mol. The molecule has 0 aliphatic rings. The summed E-state index contributed by atoms with van der Waals surface area (Å²) in [7, 11) is 1.37. The van der Waals surface area contributed by atoms with Crippen LogP contribution in [0.2, 0.25) is 0 Å². The van der Waals surface area contributed by atoms with Gasteiger partial charge in [0.15, 0.2) is 11.5 Å². The van der Waals surface area contributed by atoms with E-state index in [0.29, 0.717) is 37.1 Å². The molecule has 0 saturated carbocycles. The molecular weight excluding hydrogens is 416 g/mol. The molecule has 33 heavy (non-hydrogen) atoms. The van der Waals surface area contributed by atoms with Crippen molar-refractivity contribution < 1.29 is 23.7 Å². The van der Waals surface area contributed by atoms with Crippen LogP contribution < -0.4 is 14.2 Å². The SMILES string of the molecule is CCCCCCOc1cc(C=CC(=O)OC)cc(OCCCCCC)c1OCCCCCC. The summed E-state index contributed by atoms with van der Waals surface area (Å²) in [5.74, 6) is 1.64. The molecule has 0 spiro atoms. The zero-order valence-electron chi connectivity index (χ0n) is 21.5. The molecule has 0 N–H and O–H groups in total. The van der Waals surface area contributed by atoms with E-state index in [4.69, 9.17) is 18.9 Å². The van der Waals surface area contributed by atoms with E-state index in [9.17, 15) is 4.79 Å². The summed E-state index contributed by atoms with van der Waals surface area (Å²) in [4.78, 5) is 11.6. The van der Waals surface area contributed by atoms with Gasteiger partial charge in [0.2, 0.25) is 5.75 Å². The molecule has 0 radical (unpaired) electrons. The van der Waals surface area contributed by atoms with Crippen molar-refractivity contribution in [3.8, 4) is 17.2 Å². The molecule has 0 saturated heterocycles. The van der Waals surface area contributed by atoms with E-state index in [2.05, 4.69) is 20.8 Å². The Balaban J connectivity index is 3.05. The highest BCUT2D eigenvalue weighted by Crippen LogP contribution is 2.40. The highest BCUT2D eigenvalue weighted by molar-refractivity contribution is 5.87. The largest absolute Gasteiger partial charge is 0.490 e. The maximum atomic E-state index is 11.6. The van der Waals surface area contributed by atoms with E-state index in [1.165, 1.54) is 51.7 Å². The van der Waals surface area contributed by atoms with Crippen LogP contribution >= 0.6 is 0 Å². The van der Waals surface area contributed by atoms with Crippen molar-refractivity contribution in [3.05, 3.63) is 23.8 Å². The highest BCUT2D eigenvalue weighted by atomic mass is 16.5. The summed E-state index contributed by atoms with van der Waals surface area (Å²) in [6.45, 7) is 8.50. The molecule has 0 bridgehead atoms. The number of ether oxygens (including phenoxy) is 4. The van der Waals surface area contributed by atoms with E-state index in [1.807, 2.05) is 12.1 Å². The second-order valence-corrected chi connectivity index (χ2v) is 8.43. The molecule has 0 aliphatic heterocycles. The molecule has 0 amide bonds. The van der Waals surface area contributed by atoms with Crippen LogP contribution in [0, 0.1) is 0 Å². The Morgan fingerprint density at radius 2 is 1.15 bits per heavy atom. The van der Waals surface area contributed by atoms with Crippen LogP contribution in [0.25, 0.3) is 6.08 Å². The van der Waals surface area contributed by atoms with Crippen molar-refractivity contribution in [1.82, 2.24) is 0 Å². The number of carbonyl (C=O) groups excluding carboxylic acids is 1. The Bertz CT molecular complexity index is 633. The highest BCUT2D eigenvalue weighted by Gasteiger charge is 2.15. The van der Waals surface area contributed by atoms with Crippen LogP contribution in [-0.2, 0) is 9.53 Å². The van der Waals surface area contributed by atoms with Gasteiger partial charge in [-0.3, -0.25) is 0 Å².